The molecule has 0 fully saturated rings. The van der Waals surface area contributed by atoms with Crippen LogP contribution in [0.25, 0.3) is 11.5 Å². The van der Waals surface area contributed by atoms with E-state index >= 15 is 0 Å². The fourth-order valence-electron chi connectivity index (χ4n) is 2.48. The zero-order valence-electron chi connectivity index (χ0n) is 15.4. The Hall–Kier alpha value is -3.60. The van der Waals surface area contributed by atoms with Crippen LogP contribution in [0.3, 0.4) is 0 Å². The van der Waals surface area contributed by atoms with Crippen LogP contribution < -0.4 is 5.32 Å². The van der Waals surface area contributed by atoms with Crippen LogP contribution in [-0.4, -0.2) is 35.2 Å². The third kappa shape index (κ3) is 4.29. The third-order valence-electron chi connectivity index (χ3n) is 4.15. The lowest BCUT2D eigenvalue weighted by atomic mass is 10.1. The standard InChI is InChI=1S/C18H16N4O6S/c1-3-29(26,27)14-8-6-12(7-9-14)17-20-21-18(28-17)19-16(23)13-5-4-11(2)15(10-13)22(24)25/h4-10H,3H2,1-2H3,(H,19,21,23). The highest BCUT2D eigenvalue weighted by atomic mass is 32.2. The number of hydrogen-bond donors (Lipinski definition) is 1. The molecule has 1 heterocycles. The van der Waals surface area contributed by atoms with E-state index in [4.69, 9.17) is 4.42 Å². The highest BCUT2D eigenvalue weighted by Gasteiger charge is 2.18. The van der Waals surface area contributed by atoms with Gasteiger partial charge in [-0.1, -0.05) is 18.1 Å². The number of carbonyl (C=O) groups excluding carboxylic acids is 1. The maximum atomic E-state index is 12.3. The van der Waals surface area contributed by atoms with Gasteiger partial charge in [0.15, 0.2) is 9.84 Å². The van der Waals surface area contributed by atoms with Gasteiger partial charge in [0.25, 0.3) is 11.6 Å². The van der Waals surface area contributed by atoms with Crippen LogP contribution in [0.1, 0.15) is 22.8 Å². The second kappa shape index (κ2) is 7.80. The van der Waals surface area contributed by atoms with E-state index in [1.54, 1.807) is 13.8 Å². The number of hydrogen-bond acceptors (Lipinski definition) is 8. The van der Waals surface area contributed by atoms with Gasteiger partial charge in [-0.3, -0.25) is 20.2 Å². The minimum Gasteiger partial charge on any atom is -0.403 e. The summed E-state index contributed by atoms with van der Waals surface area (Å²) in [5.41, 5.74) is 0.793. The van der Waals surface area contributed by atoms with Crippen LogP contribution >= 0.6 is 0 Å². The van der Waals surface area contributed by atoms with E-state index in [0.717, 1.165) is 6.07 Å². The molecule has 3 aromatic rings. The van der Waals surface area contributed by atoms with Crippen LogP contribution in [0.15, 0.2) is 51.8 Å². The molecule has 0 saturated carbocycles. The Balaban J connectivity index is 1.78. The Morgan fingerprint density at radius 1 is 1.17 bits per heavy atom. The summed E-state index contributed by atoms with van der Waals surface area (Å²) in [4.78, 5) is 22.9. The molecule has 2 aromatic carbocycles. The number of nitro benzene ring substituents is 1. The summed E-state index contributed by atoms with van der Waals surface area (Å²) in [5.74, 6) is -0.580. The van der Waals surface area contributed by atoms with Crippen molar-refractivity contribution in [2.24, 2.45) is 0 Å². The number of aryl methyl sites for hydroxylation is 1. The predicted octanol–water partition coefficient (Wildman–Crippen LogP) is 3.00. The molecule has 3 rings (SSSR count). The number of nitrogens with one attached hydrogen (secondary N) is 1. The summed E-state index contributed by atoms with van der Waals surface area (Å²) in [5, 5.41) is 20.9. The van der Waals surface area contributed by atoms with Crippen LogP contribution in [0.2, 0.25) is 0 Å². The first kappa shape index (κ1) is 20.1. The van der Waals surface area contributed by atoms with Gasteiger partial charge in [0.2, 0.25) is 5.89 Å². The first-order chi connectivity index (χ1) is 13.7. The molecule has 150 valence electrons. The Bertz CT molecular complexity index is 1190. The quantitative estimate of drug-likeness (QED) is 0.477. The Morgan fingerprint density at radius 3 is 2.48 bits per heavy atom. The second-order valence-corrected chi connectivity index (χ2v) is 8.33. The van der Waals surface area contributed by atoms with Crippen molar-refractivity contribution in [3.05, 3.63) is 63.7 Å². The van der Waals surface area contributed by atoms with Crippen molar-refractivity contribution in [1.29, 1.82) is 0 Å². The first-order valence-corrected chi connectivity index (χ1v) is 10.1. The molecule has 10 nitrogen and oxygen atoms in total. The summed E-state index contributed by atoms with van der Waals surface area (Å²) in [7, 11) is -3.32. The van der Waals surface area contributed by atoms with E-state index in [1.807, 2.05) is 0 Å². The molecule has 0 atom stereocenters. The molecule has 1 amide bonds. The van der Waals surface area contributed by atoms with Crippen molar-refractivity contribution in [3.63, 3.8) is 0 Å². The van der Waals surface area contributed by atoms with E-state index in [9.17, 15) is 23.3 Å². The van der Waals surface area contributed by atoms with Crippen molar-refractivity contribution >= 4 is 27.4 Å². The average molecular weight is 416 g/mol. The molecule has 29 heavy (non-hydrogen) atoms. The lowest BCUT2D eigenvalue weighted by Crippen LogP contribution is -2.12. The molecule has 0 bridgehead atoms. The maximum absolute atomic E-state index is 12.3. The van der Waals surface area contributed by atoms with Gasteiger partial charge in [-0.15, -0.1) is 5.10 Å². The number of aromatic nitrogens is 2. The summed E-state index contributed by atoms with van der Waals surface area (Å²) < 4.78 is 29.1. The highest BCUT2D eigenvalue weighted by Crippen LogP contribution is 2.23. The van der Waals surface area contributed by atoms with Crippen LogP contribution in [0.4, 0.5) is 11.7 Å². The van der Waals surface area contributed by atoms with Crippen LogP contribution in [0.5, 0.6) is 0 Å². The summed E-state index contributed by atoms with van der Waals surface area (Å²) in [6, 6.07) is 9.79. The normalized spacial score (nSPS) is 11.2. The Labute approximate surface area is 165 Å². The number of anilines is 1. The zero-order chi connectivity index (χ0) is 21.2. The molecule has 0 saturated heterocycles. The molecule has 0 spiro atoms. The Morgan fingerprint density at radius 2 is 1.86 bits per heavy atom. The third-order valence-corrected chi connectivity index (χ3v) is 5.90. The van der Waals surface area contributed by atoms with Crippen molar-refractivity contribution < 1.29 is 22.6 Å². The molecule has 0 unspecified atom stereocenters. The fourth-order valence-corrected chi connectivity index (χ4v) is 3.36. The molecule has 0 aliphatic heterocycles. The van der Waals surface area contributed by atoms with Crippen molar-refractivity contribution in [1.82, 2.24) is 10.2 Å². The molecule has 1 N–H and O–H groups in total. The van der Waals surface area contributed by atoms with Gasteiger partial charge in [0.05, 0.1) is 15.6 Å². The van der Waals surface area contributed by atoms with Crippen LogP contribution in [0, 0.1) is 17.0 Å². The van der Waals surface area contributed by atoms with Crippen molar-refractivity contribution in [2.45, 2.75) is 18.7 Å². The summed E-state index contributed by atoms with van der Waals surface area (Å²) >= 11 is 0. The topological polar surface area (TPSA) is 145 Å². The number of nitro groups is 1. The number of rotatable bonds is 6. The van der Waals surface area contributed by atoms with Crippen LogP contribution in [-0.2, 0) is 9.84 Å². The van der Waals surface area contributed by atoms with Gasteiger partial charge >= 0.3 is 6.01 Å². The minimum atomic E-state index is -3.32. The predicted molar refractivity (Wildman–Crippen MR) is 103 cm³/mol. The number of nitrogens with zero attached hydrogens (tertiary/aromatic N) is 3. The fraction of sp³-hybridized carbons (Fsp3) is 0.167. The molecule has 1 aromatic heterocycles. The van der Waals surface area contributed by atoms with Gasteiger partial charge in [-0.05, 0) is 37.3 Å². The van der Waals surface area contributed by atoms with Gasteiger partial charge in [-0.25, -0.2) is 8.42 Å². The lowest BCUT2D eigenvalue weighted by molar-refractivity contribution is -0.385. The lowest BCUT2D eigenvalue weighted by Gasteiger charge is -2.03. The van der Waals surface area contributed by atoms with Gasteiger partial charge in [0, 0.05) is 22.8 Å². The monoisotopic (exact) mass is 416 g/mol. The van der Waals surface area contributed by atoms with Gasteiger partial charge in [0.1, 0.15) is 0 Å². The van der Waals surface area contributed by atoms with E-state index in [2.05, 4.69) is 15.5 Å². The number of sulfone groups is 1. The number of benzene rings is 2. The molecule has 0 aliphatic rings. The molecule has 11 heteroatoms. The largest absolute Gasteiger partial charge is 0.403 e. The zero-order valence-corrected chi connectivity index (χ0v) is 16.3. The second-order valence-electron chi connectivity index (χ2n) is 6.05. The van der Waals surface area contributed by atoms with E-state index in [0.29, 0.717) is 11.1 Å². The van der Waals surface area contributed by atoms with Gasteiger partial charge in [-0.2, -0.15) is 0 Å². The van der Waals surface area contributed by atoms with Crippen molar-refractivity contribution in [3.8, 4) is 11.5 Å². The van der Waals surface area contributed by atoms with Crippen molar-refractivity contribution in [2.75, 3.05) is 11.1 Å². The van der Waals surface area contributed by atoms with E-state index in [-0.39, 0.29) is 33.8 Å². The summed E-state index contributed by atoms with van der Waals surface area (Å²) in [6.45, 7) is 3.12. The molecular formula is C18H16N4O6S. The molecule has 0 radical (unpaired) electrons. The number of carbonyl (C=O) groups is 1. The maximum Gasteiger partial charge on any atom is 0.322 e. The number of amides is 1. The molecular weight excluding hydrogens is 400 g/mol. The average Bonchev–Trinajstić information content (AvgIpc) is 3.16. The van der Waals surface area contributed by atoms with Gasteiger partial charge < -0.3 is 4.42 Å². The Kier molecular flexibility index (Phi) is 5.41. The highest BCUT2D eigenvalue weighted by molar-refractivity contribution is 7.91. The molecule has 0 aliphatic carbocycles. The summed E-state index contributed by atoms with van der Waals surface area (Å²) in [6.07, 6.45) is 0. The minimum absolute atomic E-state index is 0.0136. The SMILES string of the molecule is CCS(=O)(=O)c1ccc(-c2nnc(NC(=O)c3ccc(C)c([N+](=O)[O-])c3)o2)cc1. The smallest absolute Gasteiger partial charge is 0.322 e. The van der Waals surface area contributed by atoms with E-state index in [1.165, 1.54) is 36.4 Å². The van der Waals surface area contributed by atoms with E-state index < -0.39 is 20.7 Å². The first-order valence-electron chi connectivity index (χ1n) is 8.44.